The molecule has 2 fully saturated rings. The van der Waals surface area contributed by atoms with Crippen molar-refractivity contribution in [3.63, 3.8) is 0 Å². The first-order chi connectivity index (χ1) is 15.8. The molecule has 33 heavy (non-hydrogen) atoms. The van der Waals surface area contributed by atoms with Crippen molar-refractivity contribution in [3.8, 4) is 0 Å². The second-order valence-electron chi connectivity index (χ2n) is 9.55. The summed E-state index contributed by atoms with van der Waals surface area (Å²) in [5.74, 6) is -1.44. The molecule has 0 aromatic heterocycles. The SMILES string of the molecule is COC1C=CC2=C3C1O[C@@H]1C(O[C@@H]4O[C@H](C(=O)O)[C@@H](O)[C@H](O)[C@H]4O)CC=C[C@@]31CCN(C)C2. The molecule has 5 rings (SSSR count). The van der Waals surface area contributed by atoms with E-state index in [2.05, 4.69) is 24.1 Å². The van der Waals surface area contributed by atoms with Crippen molar-refractivity contribution < 1.29 is 44.2 Å². The fourth-order valence-electron chi connectivity index (χ4n) is 5.94. The number of methoxy groups -OCH3 is 1. The standard InChI is InChI=1S/C23H31NO9/c1-24-9-8-23-7-3-4-13(31-22-17(27)15(25)16(26)19(33-22)21(28)29)20(23)32-18-12(30-2)6-5-11(10-24)14(18)23/h3,5-7,12-13,15-20,22,25-27H,4,8-10H2,1-2H3,(H,28,29)/t12?,13?,15-,16-,17+,18?,19-,20+,22+,23+/m0/s1. The Bertz CT molecular complexity index is 887. The van der Waals surface area contributed by atoms with Crippen LogP contribution in [0.1, 0.15) is 12.8 Å². The fourth-order valence-corrected chi connectivity index (χ4v) is 5.94. The van der Waals surface area contributed by atoms with Crippen LogP contribution in [-0.4, -0.2) is 114 Å². The molecule has 2 saturated heterocycles. The van der Waals surface area contributed by atoms with Crippen molar-refractivity contribution >= 4 is 5.97 Å². The summed E-state index contributed by atoms with van der Waals surface area (Å²) in [6, 6.07) is 0. The molecular formula is C23H31NO9. The molecule has 0 aromatic rings. The van der Waals surface area contributed by atoms with Crippen LogP contribution in [0.25, 0.3) is 0 Å². The number of carboxylic acid groups (broad SMARTS) is 1. The highest BCUT2D eigenvalue weighted by atomic mass is 16.7. The summed E-state index contributed by atoms with van der Waals surface area (Å²) in [7, 11) is 3.73. The normalized spacial score (nSPS) is 47.2. The number of carbonyl (C=O) groups is 1. The minimum Gasteiger partial charge on any atom is -0.479 e. The maximum absolute atomic E-state index is 11.5. The number of aliphatic hydroxyl groups is 3. The Kier molecular flexibility index (Phi) is 5.99. The highest BCUT2D eigenvalue weighted by Crippen LogP contribution is 2.56. The van der Waals surface area contributed by atoms with E-state index in [1.54, 1.807) is 7.11 Å². The first-order valence-electron chi connectivity index (χ1n) is 11.3. The van der Waals surface area contributed by atoms with Gasteiger partial charge in [0, 0.05) is 19.1 Å². The molecule has 10 nitrogen and oxygen atoms in total. The Labute approximate surface area is 191 Å². The summed E-state index contributed by atoms with van der Waals surface area (Å²) >= 11 is 0. The fraction of sp³-hybridized carbons (Fsp3) is 0.696. The molecule has 10 heteroatoms. The first kappa shape index (κ1) is 23.1. The molecule has 0 amide bonds. The van der Waals surface area contributed by atoms with Crippen LogP contribution in [0.15, 0.2) is 35.5 Å². The first-order valence-corrected chi connectivity index (χ1v) is 11.3. The topological polar surface area (TPSA) is 138 Å². The Balaban J connectivity index is 1.46. The molecule has 10 atom stereocenters. The zero-order valence-corrected chi connectivity index (χ0v) is 18.6. The van der Waals surface area contributed by atoms with Gasteiger partial charge >= 0.3 is 5.97 Å². The van der Waals surface area contributed by atoms with E-state index in [1.165, 1.54) is 11.1 Å². The minimum absolute atomic E-state index is 0.242. The quantitative estimate of drug-likeness (QED) is 0.390. The average Bonchev–Trinajstić information content (AvgIpc) is 3.07. The zero-order chi connectivity index (χ0) is 23.5. The van der Waals surface area contributed by atoms with Gasteiger partial charge in [-0.25, -0.2) is 4.79 Å². The number of aliphatic hydroxyl groups excluding tert-OH is 3. The van der Waals surface area contributed by atoms with Crippen LogP contribution in [0.5, 0.6) is 0 Å². The second-order valence-corrected chi connectivity index (χ2v) is 9.55. The number of aliphatic carboxylic acids is 1. The van der Waals surface area contributed by atoms with Crippen molar-refractivity contribution in [2.24, 2.45) is 5.41 Å². The molecule has 182 valence electrons. The van der Waals surface area contributed by atoms with E-state index in [1.807, 2.05) is 12.2 Å². The predicted molar refractivity (Wildman–Crippen MR) is 113 cm³/mol. The third-order valence-corrected chi connectivity index (χ3v) is 7.58. The largest absolute Gasteiger partial charge is 0.479 e. The number of hydrogen-bond donors (Lipinski definition) is 4. The van der Waals surface area contributed by atoms with E-state index < -0.39 is 54.3 Å². The van der Waals surface area contributed by atoms with Crippen LogP contribution >= 0.6 is 0 Å². The van der Waals surface area contributed by atoms with Gasteiger partial charge in [0.05, 0.1) is 12.2 Å². The van der Waals surface area contributed by atoms with Crippen molar-refractivity contribution in [3.05, 3.63) is 35.5 Å². The van der Waals surface area contributed by atoms with Crippen molar-refractivity contribution in [2.45, 2.75) is 68.0 Å². The maximum atomic E-state index is 11.5. The van der Waals surface area contributed by atoms with E-state index in [-0.39, 0.29) is 12.2 Å². The number of carboxylic acids is 1. The van der Waals surface area contributed by atoms with Gasteiger partial charge in [-0.1, -0.05) is 24.3 Å². The molecule has 0 saturated carbocycles. The zero-order valence-electron chi connectivity index (χ0n) is 18.6. The van der Waals surface area contributed by atoms with Crippen LogP contribution in [0.2, 0.25) is 0 Å². The van der Waals surface area contributed by atoms with Gasteiger partial charge in [-0.15, -0.1) is 0 Å². The highest BCUT2D eigenvalue weighted by molar-refractivity contribution is 5.73. The summed E-state index contributed by atoms with van der Waals surface area (Å²) in [5.41, 5.74) is 1.94. The Morgan fingerprint density at radius 3 is 2.73 bits per heavy atom. The lowest BCUT2D eigenvalue weighted by atomic mass is 9.66. The molecule has 4 N–H and O–H groups in total. The van der Waals surface area contributed by atoms with Gasteiger partial charge in [0.1, 0.15) is 30.5 Å². The third-order valence-electron chi connectivity index (χ3n) is 7.58. The van der Waals surface area contributed by atoms with Gasteiger partial charge in [0.15, 0.2) is 12.4 Å². The molecular weight excluding hydrogens is 434 g/mol. The van der Waals surface area contributed by atoms with E-state index in [4.69, 9.17) is 18.9 Å². The number of ether oxygens (including phenoxy) is 4. The van der Waals surface area contributed by atoms with Crippen molar-refractivity contribution in [1.82, 2.24) is 4.90 Å². The van der Waals surface area contributed by atoms with Crippen molar-refractivity contribution in [1.29, 1.82) is 0 Å². The van der Waals surface area contributed by atoms with Gasteiger partial charge < -0.3 is 44.3 Å². The van der Waals surface area contributed by atoms with E-state index in [0.717, 1.165) is 19.5 Å². The van der Waals surface area contributed by atoms with Crippen LogP contribution in [0, 0.1) is 5.41 Å². The molecule has 0 aromatic carbocycles. The molecule has 0 radical (unpaired) electrons. The average molecular weight is 465 g/mol. The Morgan fingerprint density at radius 1 is 1.21 bits per heavy atom. The second kappa shape index (κ2) is 8.54. The van der Waals surface area contributed by atoms with Gasteiger partial charge in [-0.3, -0.25) is 0 Å². The lowest BCUT2D eigenvalue weighted by molar-refractivity contribution is -0.313. The molecule has 0 bridgehead atoms. The number of likely N-dealkylation sites (N-methyl/N-ethyl adjacent to an activating group) is 1. The lowest BCUT2D eigenvalue weighted by Gasteiger charge is -2.44. The molecule has 2 aliphatic carbocycles. The number of rotatable bonds is 4. The molecule has 3 unspecified atom stereocenters. The van der Waals surface area contributed by atoms with E-state index in [9.17, 15) is 25.2 Å². The van der Waals surface area contributed by atoms with Crippen molar-refractivity contribution in [2.75, 3.05) is 27.2 Å². The van der Waals surface area contributed by atoms with Crippen LogP contribution in [0.4, 0.5) is 0 Å². The Hall–Kier alpha value is -1.63. The molecule has 3 aliphatic heterocycles. The van der Waals surface area contributed by atoms with Crippen LogP contribution < -0.4 is 0 Å². The van der Waals surface area contributed by atoms with Crippen LogP contribution in [0.3, 0.4) is 0 Å². The Morgan fingerprint density at radius 2 is 2.00 bits per heavy atom. The summed E-state index contributed by atoms with van der Waals surface area (Å²) in [4.78, 5) is 13.8. The maximum Gasteiger partial charge on any atom is 0.335 e. The monoisotopic (exact) mass is 465 g/mol. The van der Waals surface area contributed by atoms with Crippen LogP contribution in [-0.2, 0) is 23.7 Å². The van der Waals surface area contributed by atoms with Gasteiger partial charge in [-0.2, -0.15) is 0 Å². The molecule has 1 spiro atoms. The molecule has 5 aliphatic rings. The smallest absolute Gasteiger partial charge is 0.335 e. The van der Waals surface area contributed by atoms with Gasteiger partial charge in [0.2, 0.25) is 0 Å². The number of nitrogens with zero attached hydrogens (tertiary/aromatic N) is 1. The van der Waals surface area contributed by atoms with Gasteiger partial charge in [0.25, 0.3) is 0 Å². The molecule has 3 heterocycles. The minimum atomic E-state index is -1.76. The number of hydrogen-bond acceptors (Lipinski definition) is 9. The summed E-state index contributed by atoms with van der Waals surface area (Å²) in [5, 5.41) is 40.0. The third kappa shape index (κ3) is 3.60. The van der Waals surface area contributed by atoms with E-state index in [0.29, 0.717) is 6.42 Å². The van der Waals surface area contributed by atoms with Gasteiger partial charge in [-0.05, 0) is 37.6 Å². The lowest BCUT2D eigenvalue weighted by Crippen LogP contribution is -2.61. The highest BCUT2D eigenvalue weighted by Gasteiger charge is 2.60. The summed E-state index contributed by atoms with van der Waals surface area (Å²) < 4.78 is 23.8. The predicted octanol–water partition coefficient (Wildman–Crippen LogP) is -0.806. The summed E-state index contributed by atoms with van der Waals surface area (Å²) in [6.45, 7) is 1.64. The van der Waals surface area contributed by atoms with E-state index >= 15 is 0 Å². The summed E-state index contributed by atoms with van der Waals surface area (Å²) in [6.07, 6.45) is -0.124.